The van der Waals surface area contributed by atoms with Crippen LogP contribution in [0.3, 0.4) is 0 Å². The van der Waals surface area contributed by atoms with Crippen molar-refractivity contribution in [2.75, 3.05) is 0 Å². The highest BCUT2D eigenvalue weighted by atomic mass is 16.2. The number of allylic oxidation sites excluding steroid dienone is 4. The monoisotopic (exact) mass is 256 g/mol. The van der Waals surface area contributed by atoms with E-state index >= 15 is 0 Å². The Labute approximate surface area is 112 Å². The fourth-order valence-electron chi connectivity index (χ4n) is 2.17. The van der Waals surface area contributed by atoms with Crippen molar-refractivity contribution < 1.29 is 9.59 Å². The largest absolute Gasteiger partial charge is 0.325 e. The second-order valence-corrected chi connectivity index (χ2v) is 4.37. The molecule has 1 N–H and O–H groups in total. The maximum atomic E-state index is 11.5. The zero-order valence-corrected chi connectivity index (χ0v) is 11.0. The molecule has 0 aromatic carbocycles. The number of amides is 2. The van der Waals surface area contributed by atoms with E-state index in [0.717, 1.165) is 17.7 Å². The minimum Gasteiger partial charge on any atom is -0.325 e. The molecule has 1 atom stereocenters. The average molecular weight is 256 g/mol. The first-order valence-electron chi connectivity index (χ1n) is 6.30. The summed E-state index contributed by atoms with van der Waals surface area (Å²) in [5.41, 5.74) is 2.43. The molecule has 1 aliphatic heterocycles. The summed E-state index contributed by atoms with van der Waals surface area (Å²) in [7, 11) is 0. The molecule has 1 aliphatic carbocycles. The van der Waals surface area contributed by atoms with Gasteiger partial charge in [0.15, 0.2) is 0 Å². The van der Waals surface area contributed by atoms with Crippen LogP contribution in [0, 0.1) is 5.92 Å². The van der Waals surface area contributed by atoms with Gasteiger partial charge in [-0.05, 0) is 25.5 Å². The Bertz CT molecular complexity index is 563. The van der Waals surface area contributed by atoms with E-state index in [1.54, 1.807) is 25.2 Å². The van der Waals surface area contributed by atoms with Crippen molar-refractivity contribution in [3.05, 3.63) is 47.7 Å². The van der Waals surface area contributed by atoms with Gasteiger partial charge in [-0.25, -0.2) is 4.99 Å². The van der Waals surface area contributed by atoms with Crippen molar-refractivity contribution in [2.24, 2.45) is 10.9 Å². The molecule has 0 aromatic heterocycles. The second kappa shape index (κ2) is 5.61. The molecule has 0 spiro atoms. The van der Waals surface area contributed by atoms with Crippen molar-refractivity contribution >= 4 is 17.5 Å². The second-order valence-electron chi connectivity index (χ2n) is 4.37. The topological polar surface area (TPSA) is 58.5 Å². The van der Waals surface area contributed by atoms with Gasteiger partial charge < -0.3 is 5.32 Å². The SMILES string of the molecule is C/C=C\C(=O)N=C1C=CC2C(CC)=CC(=O)NC2=C1. The van der Waals surface area contributed by atoms with E-state index in [2.05, 4.69) is 10.3 Å². The first-order valence-corrected chi connectivity index (χ1v) is 6.30. The number of hydrogen-bond donors (Lipinski definition) is 1. The van der Waals surface area contributed by atoms with Gasteiger partial charge in [0.25, 0.3) is 5.91 Å². The summed E-state index contributed by atoms with van der Waals surface area (Å²) in [6, 6.07) is 0. The van der Waals surface area contributed by atoms with E-state index in [1.807, 2.05) is 19.1 Å². The summed E-state index contributed by atoms with van der Waals surface area (Å²) in [6.45, 7) is 3.79. The Morgan fingerprint density at radius 1 is 1.47 bits per heavy atom. The first-order chi connectivity index (χ1) is 9.13. The lowest BCUT2D eigenvalue weighted by molar-refractivity contribution is -0.116. The van der Waals surface area contributed by atoms with E-state index in [4.69, 9.17) is 0 Å². The van der Waals surface area contributed by atoms with Gasteiger partial charge in [-0.2, -0.15) is 0 Å². The molecule has 98 valence electrons. The van der Waals surface area contributed by atoms with Gasteiger partial charge in [0.2, 0.25) is 5.91 Å². The van der Waals surface area contributed by atoms with Crippen LogP contribution in [0.15, 0.2) is 52.7 Å². The number of nitrogens with one attached hydrogen (secondary N) is 1. The van der Waals surface area contributed by atoms with Crippen LogP contribution in [0.1, 0.15) is 20.3 Å². The van der Waals surface area contributed by atoms with Crippen molar-refractivity contribution in [1.82, 2.24) is 5.32 Å². The van der Waals surface area contributed by atoms with Crippen LogP contribution in [0.4, 0.5) is 0 Å². The van der Waals surface area contributed by atoms with Crippen LogP contribution in [0.5, 0.6) is 0 Å². The number of carbonyl (C=O) groups is 2. The van der Waals surface area contributed by atoms with E-state index in [-0.39, 0.29) is 17.7 Å². The van der Waals surface area contributed by atoms with Crippen LogP contribution in [0.25, 0.3) is 0 Å². The Balaban J connectivity index is 2.29. The lowest BCUT2D eigenvalue weighted by Crippen LogP contribution is -2.33. The molecule has 0 fully saturated rings. The smallest absolute Gasteiger partial charge is 0.269 e. The van der Waals surface area contributed by atoms with Crippen LogP contribution in [0.2, 0.25) is 0 Å². The number of carbonyl (C=O) groups excluding carboxylic acids is 2. The molecule has 19 heavy (non-hydrogen) atoms. The van der Waals surface area contributed by atoms with Gasteiger partial charge in [-0.1, -0.05) is 24.6 Å². The molecular formula is C15H16N2O2. The summed E-state index contributed by atoms with van der Waals surface area (Å²) in [4.78, 5) is 26.9. The van der Waals surface area contributed by atoms with Crippen LogP contribution < -0.4 is 5.32 Å². The van der Waals surface area contributed by atoms with Gasteiger partial charge in [0, 0.05) is 23.8 Å². The number of fused-ring (bicyclic) bond motifs is 1. The van der Waals surface area contributed by atoms with Crippen molar-refractivity contribution in [1.29, 1.82) is 0 Å². The van der Waals surface area contributed by atoms with Gasteiger partial charge in [-0.15, -0.1) is 0 Å². The minimum atomic E-state index is -0.300. The highest BCUT2D eigenvalue weighted by molar-refractivity contribution is 6.12. The predicted molar refractivity (Wildman–Crippen MR) is 74.5 cm³/mol. The van der Waals surface area contributed by atoms with E-state index in [9.17, 15) is 9.59 Å². The van der Waals surface area contributed by atoms with Crippen molar-refractivity contribution in [3.63, 3.8) is 0 Å². The molecule has 0 saturated carbocycles. The van der Waals surface area contributed by atoms with E-state index in [0.29, 0.717) is 5.71 Å². The standard InChI is InChI=1S/C15H16N2O2/c1-3-5-14(18)16-11-6-7-12-10(4-2)8-15(19)17-13(12)9-11/h3,5-9,12H,4H2,1-2H3,(H,17,19)/b5-3-,16-11?. The fourth-order valence-corrected chi connectivity index (χ4v) is 2.17. The molecule has 1 heterocycles. The molecular weight excluding hydrogens is 240 g/mol. The molecule has 4 nitrogen and oxygen atoms in total. The summed E-state index contributed by atoms with van der Waals surface area (Å²) in [5.74, 6) is -0.321. The van der Waals surface area contributed by atoms with Gasteiger partial charge in [0.05, 0.1) is 5.71 Å². The highest BCUT2D eigenvalue weighted by Gasteiger charge is 2.25. The maximum absolute atomic E-state index is 11.5. The summed E-state index contributed by atoms with van der Waals surface area (Å²) < 4.78 is 0. The molecule has 0 saturated heterocycles. The Kier molecular flexibility index (Phi) is 3.90. The van der Waals surface area contributed by atoms with Crippen LogP contribution >= 0.6 is 0 Å². The lowest BCUT2D eigenvalue weighted by atomic mass is 9.86. The summed E-state index contributed by atoms with van der Waals surface area (Å²) in [5, 5.41) is 2.80. The number of aliphatic imine (C=N–C) groups is 1. The zero-order valence-electron chi connectivity index (χ0n) is 11.0. The Hall–Kier alpha value is -2.23. The highest BCUT2D eigenvalue weighted by Crippen LogP contribution is 2.28. The third-order valence-corrected chi connectivity index (χ3v) is 3.04. The number of nitrogens with zero attached hydrogens (tertiary/aromatic N) is 1. The van der Waals surface area contributed by atoms with Crippen molar-refractivity contribution in [3.8, 4) is 0 Å². The molecule has 1 unspecified atom stereocenters. The molecule has 4 heteroatoms. The molecule has 2 aliphatic rings. The van der Waals surface area contributed by atoms with E-state index < -0.39 is 0 Å². The Morgan fingerprint density at radius 3 is 2.95 bits per heavy atom. The summed E-state index contributed by atoms with van der Waals surface area (Å²) in [6.07, 6.45) is 11.1. The maximum Gasteiger partial charge on any atom is 0.269 e. The lowest BCUT2D eigenvalue weighted by Gasteiger charge is -2.26. The minimum absolute atomic E-state index is 0.0958. The average Bonchev–Trinajstić information content (AvgIpc) is 2.37. The Morgan fingerprint density at radius 2 is 2.26 bits per heavy atom. The molecule has 2 rings (SSSR count). The number of hydrogen-bond acceptors (Lipinski definition) is 2. The van der Waals surface area contributed by atoms with Gasteiger partial charge >= 0.3 is 0 Å². The van der Waals surface area contributed by atoms with Crippen molar-refractivity contribution in [2.45, 2.75) is 20.3 Å². The molecule has 0 bridgehead atoms. The zero-order chi connectivity index (χ0) is 13.8. The fraction of sp³-hybridized carbons (Fsp3) is 0.267. The quantitative estimate of drug-likeness (QED) is 0.769. The van der Waals surface area contributed by atoms with Crippen LogP contribution in [-0.4, -0.2) is 17.5 Å². The third kappa shape index (κ3) is 2.96. The van der Waals surface area contributed by atoms with Gasteiger partial charge in [0.1, 0.15) is 0 Å². The normalized spacial score (nSPS) is 24.0. The predicted octanol–water partition coefficient (Wildman–Crippen LogP) is 2.07. The molecule has 0 radical (unpaired) electrons. The molecule has 0 aromatic rings. The van der Waals surface area contributed by atoms with Crippen LogP contribution in [-0.2, 0) is 9.59 Å². The first kappa shape index (κ1) is 13.2. The summed E-state index contributed by atoms with van der Waals surface area (Å²) >= 11 is 0. The number of rotatable bonds is 2. The van der Waals surface area contributed by atoms with Gasteiger partial charge in [-0.3, -0.25) is 9.59 Å². The third-order valence-electron chi connectivity index (χ3n) is 3.04. The molecule has 2 amide bonds. The van der Waals surface area contributed by atoms with E-state index in [1.165, 1.54) is 6.08 Å².